The summed E-state index contributed by atoms with van der Waals surface area (Å²) in [6.07, 6.45) is 0.972. The van der Waals surface area contributed by atoms with Gasteiger partial charge in [-0.3, -0.25) is 10.1 Å². The summed E-state index contributed by atoms with van der Waals surface area (Å²) in [5, 5.41) is 19.6. The average molecular weight is 374 g/mol. The molecule has 2 aromatic rings. The monoisotopic (exact) mass is 372 g/mol. The van der Waals surface area contributed by atoms with Gasteiger partial charge in [-0.15, -0.1) is 0 Å². The molecular weight excluding hydrogens is 367 g/mol. The van der Waals surface area contributed by atoms with Gasteiger partial charge in [0.2, 0.25) is 5.88 Å². The second-order valence-electron chi connectivity index (χ2n) is 3.79. The largest absolute Gasteiger partial charge is 0.478 e. The SMILES string of the molecule is O=C(O)c1ccc(Br)cc1Oc1ncc([N+](=O)[O-])cc1Cl. The molecule has 0 unspecified atom stereocenters. The molecule has 1 aromatic carbocycles. The molecule has 0 radical (unpaired) electrons. The van der Waals surface area contributed by atoms with Crippen LogP contribution in [0.1, 0.15) is 10.4 Å². The Balaban J connectivity index is 2.40. The molecule has 1 heterocycles. The van der Waals surface area contributed by atoms with E-state index in [1.165, 1.54) is 12.1 Å². The standard InChI is InChI=1S/C12H6BrClN2O5/c13-6-1-2-8(12(17)18)10(3-6)21-11-9(14)4-7(5-15-11)16(19)20/h1-5H,(H,17,18). The van der Waals surface area contributed by atoms with Gasteiger partial charge in [-0.05, 0) is 18.2 Å². The minimum Gasteiger partial charge on any atom is -0.478 e. The lowest BCUT2D eigenvalue weighted by Crippen LogP contribution is -2.01. The molecule has 0 saturated heterocycles. The Morgan fingerprint density at radius 3 is 2.71 bits per heavy atom. The highest BCUT2D eigenvalue weighted by Crippen LogP contribution is 2.33. The number of rotatable bonds is 4. The molecule has 9 heteroatoms. The van der Waals surface area contributed by atoms with Crippen LogP contribution in [0, 0.1) is 10.1 Å². The van der Waals surface area contributed by atoms with Gasteiger partial charge in [0.05, 0.1) is 4.92 Å². The minimum absolute atomic E-state index is 0.0140. The van der Waals surface area contributed by atoms with Crippen molar-refractivity contribution < 1.29 is 19.6 Å². The number of hydrogen-bond donors (Lipinski definition) is 1. The van der Waals surface area contributed by atoms with Gasteiger partial charge in [-0.25, -0.2) is 9.78 Å². The van der Waals surface area contributed by atoms with Crippen molar-refractivity contribution in [2.24, 2.45) is 0 Å². The maximum absolute atomic E-state index is 11.1. The molecule has 7 nitrogen and oxygen atoms in total. The number of halogens is 2. The quantitative estimate of drug-likeness (QED) is 0.644. The average Bonchev–Trinajstić information content (AvgIpc) is 2.40. The van der Waals surface area contributed by atoms with E-state index in [4.69, 9.17) is 21.4 Å². The highest BCUT2D eigenvalue weighted by molar-refractivity contribution is 9.10. The number of aromatic carboxylic acids is 1. The van der Waals surface area contributed by atoms with E-state index in [0.29, 0.717) is 4.47 Å². The molecule has 0 bridgehead atoms. The number of nitro groups is 1. The van der Waals surface area contributed by atoms with Gasteiger partial charge >= 0.3 is 5.97 Å². The number of pyridine rings is 1. The molecule has 0 aliphatic heterocycles. The van der Waals surface area contributed by atoms with Crippen LogP contribution in [0.3, 0.4) is 0 Å². The van der Waals surface area contributed by atoms with Gasteiger partial charge in [0, 0.05) is 10.5 Å². The topological polar surface area (TPSA) is 103 Å². The summed E-state index contributed by atoms with van der Waals surface area (Å²) < 4.78 is 5.94. The first-order valence-corrected chi connectivity index (χ1v) is 6.56. The summed E-state index contributed by atoms with van der Waals surface area (Å²) in [4.78, 5) is 24.8. The fraction of sp³-hybridized carbons (Fsp3) is 0. The minimum atomic E-state index is -1.18. The van der Waals surface area contributed by atoms with Crippen molar-refractivity contribution in [3.63, 3.8) is 0 Å². The predicted octanol–water partition coefficient (Wildman–Crippen LogP) is 3.90. The van der Waals surface area contributed by atoms with E-state index in [1.807, 2.05) is 0 Å². The molecular formula is C12H6BrClN2O5. The number of carboxylic acid groups (broad SMARTS) is 1. The van der Waals surface area contributed by atoms with Crippen LogP contribution in [0.4, 0.5) is 5.69 Å². The normalized spacial score (nSPS) is 10.2. The van der Waals surface area contributed by atoms with E-state index in [2.05, 4.69) is 20.9 Å². The molecule has 0 amide bonds. The van der Waals surface area contributed by atoms with E-state index < -0.39 is 10.9 Å². The Morgan fingerprint density at radius 1 is 1.43 bits per heavy atom. The Labute approximate surface area is 131 Å². The van der Waals surface area contributed by atoms with Crippen LogP contribution >= 0.6 is 27.5 Å². The summed E-state index contributed by atoms with van der Waals surface area (Å²) >= 11 is 9.04. The van der Waals surface area contributed by atoms with Gasteiger partial charge in [0.25, 0.3) is 5.69 Å². The highest BCUT2D eigenvalue weighted by atomic mass is 79.9. The van der Waals surface area contributed by atoms with Gasteiger partial charge in [-0.2, -0.15) is 0 Å². The fourth-order valence-corrected chi connectivity index (χ4v) is 1.99. The second kappa shape index (κ2) is 6.06. The maximum Gasteiger partial charge on any atom is 0.339 e. The van der Waals surface area contributed by atoms with Gasteiger partial charge < -0.3 is 9.84 Å². The van der Waals surface area contributed by atoms with Crippen molar-refractivity contribution in [3.8, 4) is 11.6 Å². The second-order valence-corrected chi connectivity index (χ2v) is 5.11. The molecule has 0 atom stereocenters. The van der Waals surface area contributed by atoms with Gasteiger partial charge in [-0.1, -0.05) is 27.5 Å². The lowest BCUT2D eigenvalue weighted by Gasteiger charge is -2.09. The zero-order valence-electron chi connectivity index (χ0n) is 10.1. The Kier molecular flexibility index (Phi) is 4.39. The van der Waals surface area contributed by atoms with Crippen molar-refractivity contribution in [1.29, 1.82) is 0 Å². The fourth-order valence-electron chi connectivity index (χ4n) is 1.45. The zero-order valence-corrected chi connectivity index (χ0v) is 12.5. The smallest absolute Gasteiger partial charge is 0.339 e. The van der Waals surface area contributed by atoms with Gasteiger partial charge in [0.15, 0.2) is 0 Å². The third-order valence-electron chi connectivity index (χ3n) is 2.38. The number of benzene rings is 1. The third kappa shape index (κ3) is 3.47. The first kappa shape index (κ1) is 15.2. The highest BCUT2D eigenvalue weighted by Gasteiger charge is 2.17. The summed E-state index contributed by atoms with van der Waals surface area (Å²) in [6, 6.07) is 5.40. The Hall–Kier alpha value is -2.19. The zero-order chi connectivity index (χ0) is 15.6. The van der Waals surface area contributed by atoms with Crippen LogP contribution in [0.2, 0.25) is 5.02 Å². The molecule has 0 saturated carbocycles. The van der Waals surface area contributed by atoms with E-state index in [1.54, 1.807) is 6.07 Å². The van der Waals surface area contributed by atoms with Crippen LogP contribution in [-0.2, 0) is 0 Å². The Bertz CT molecular complexity index is 738. The van der Waals surface area contributed by atoms with Gasteiger partial charge in [0.1, 0.15) is 22.5 Å². The van der Waals surface area contributed by atoms with Crippen molar-refractivity contribution >= 4 is 39.2 Å². The first-order chi connectivity index (χ1) is 9.88. The first-order valence-electron chi connectivity index (χ1n) is 5.39. The third-order valence-corrected chi connectivity index (χ3v) is 3.15. The van der Waals surface area contributed by atoms with Crippen molar-refractivity contribution in [2.75, 3.05) is 0 Å². The molecule has 0 spiro atoms. The number of nitrogens with zero attached hydrogens (tertiary/aromatic N) is 2. The number of carbonyl (C=O) groups is 1. The van der Waals surface area contributed by atoms with E-state index >= 15 is 0 Å². The number of carboxylic acids is 1. The van der Waals surface area contributed by atoms with Crippen LogP contribution in [-0.4, -0.2) is 21.0 Å². The molecule has 0 fully saturated rings. The lowest BCUT2D eigenvalue weighted by atomic mass is 10.2. The van der Waals surface area contributed by atoms with E-state index in [0.717, 1.165) is 12.3 Å². The molecule has 21 heavy (non-hydrogen) atoms. The maximum atomic E-state index is 11.1. The summed E-state index contributed by atoms with van der Waals surface area (Å²) in [5.41, 5.74) is -0.380. The molecule has 1 aromatic heterocycles. The number of ether oxygens (including phenoxy) is 1. The number of hydrogen-bond acceptors (Lipinski definition) is 5. The van der Waals surface area contributed by atoms with Crippen molar-refractivity contribution in [3.05, 3.63) is 55.6 Å². The van der Waals surface area contributed by atoms with Crippen LogP contribution in [0.5, 0.6) is 11.6 Å². The van der Waals surface area contributed by atoms with Crippen molar-refractivity contribution in [2.45, 2.75) is 0 Å². The number of aromatic nitrogens is 1. The molecule has 108 valence electrons. The Morgan fingerprint density at radius 2 is 2.14 bits per heavy atom. The summed E-state index contributed by atoms with van der Waals surface area (Å²) in [7, 11) is 0. The van der Waals surface area contributed by atoms with E-state index in [9.17, 15) is 14.9 Å². The van der Waals surface area contributed by atoms with Crippen LogP contribution < -0.4 is 4.74 Å². The van der Waals surface area contributed by atoms with Crippen molar-refractivity contribution in [1.82, 2.24) is 4.98 Å². The molecule has 1 N–H and O–H groups in total. The summed E-state index contributed by atoms with van der Waals surface area (Å²) in [6.45, 7) is 0. The van der Waals surface area contributed by atoms with E-state index in [-0.39, 0.29) is 27.9 Å². The summed E-state index contributed by atoms with van der Waals surface area (Å²) in [5.74, 6) is -1.29. The molecule has 2 rings (SSSR count). The van der Waals surface area contributed by atoms with Crippen LogP contribution in [0.15, 0.2) is 34.9 Å². The molecule has 0 aliphatic rings. The molecule has 0 aliphatic carbocycles. The predicted molar refractivity (Wildman–Crippen MR) is 77.1 cm³/mol. The lowest BCUT2D eigenvalue weighted by molar-refractivity contribution is -0.385. The van der Waals surface area contributed by atoms with Crippen LogP contribution in [0.25, 0.3) is 0 Å².